The Morgan fingerprint density at radius 3 is 2.32 bits per heavy atom. The first-order chi connectivity index (χ1) is 20.0. The van der Waals surface area contributed by atoms with Crippen LogP contribution in [0.25, 0.3) is 11.7 Å². The van der Waals surface area contributed by atoms with Crippen molar-refractivity contribution in [2.45, 2.75) is 84.5 Å². The largest absolute Gasteiger partial charge is 0.369 e. The van der Waals surface area contributed by atoms with Crippen LogP contribution >= 0.6 is 24.0 Å². The number of hydrogen-bond acceptors (Lipinski definition) is 6. The van der Waals surface area contributed by atoms with E-state index in [9.17, 15) is 9.59 Å². The molecule has 8 heteroatoms. The third-order valence-corrected chi connectivity index (χ3v) is 8.82. The van der Waals surface area contributed by atoms with Gasteiger partial charge in [0.2, 0.25) is 0 Å². The number of nitrogens with zero attached hydrogens (tertiary/aromatic N) is 3. The average molecular weight is 591 g/mol. The van der Waals surface area contributed by atoms with Gasteiger partial charge in [0.15, 0.2) is 0 Å². The van der Waals surface area contributed by atoms with Gasteiger partial charge in [0.1, 0.15) is 15.8 Å². The number of carbonyl (C=O) groups excluding carboxylic acids is 1. The Hall–Kier alpha value is -2.97. The van der Waals surface area contributed by atoms with E-state index in [1.54, 1.807) is 21.6 Å². The van der Waals surface area contributed by atoms with Gasteiger partial charge in [-0.05, 0) is 43.0 Å². The lowest BCUT2D eigenvalue weighted by molar-refractivity contribution is -0.122. The number of fused-ring (bicyclic) bond motifs is 1. The van der Waals surface area contributed by atoms with Gasteiger partial charge in [-0.15, -0.1) is 0 Å². The molecule has 0 bridgehead atoms. The standard InChI is InChI=1S/C33H42N4O2S2/c1-3-4-5-6-7-8-9-10-11-15-22-36-32(39)28(41-33(36)40)23-27-30(34-21-20-26-16-13-12-14-17-26)35-29-19-18-25(2)24-37(29)31(27)38/h12-14,16-19,23-24,34H,3-11,15,20-22H2,1-2H3/b28-23+. The lowest BCUT2D eigenvalue weighted by Crippen LogP contribution is -2.29. The topological polar surface area (TPSA) is 66.7 Å². The van der Waals surface area contributed by atoms with Crippen LogP contribution in [0.4, 0.5) is 5.82 Å². The van der Waals surface area contributed by atoms with Crippen LogP contribution in [0.15, 0.2) is 58.4 Å². The highest BCUT2D eigenvalue weighted by atomic mass is 32.2. The minimum atomic E-state index is -0.208. The summed E-state index contributed by atoms with van der Waals surface area (Å²) in [4.78, 5) is 33.9. The van der Waals surface area contributed by atoms with Crippen LogP contribution in [0.3, 0.4) is 0 Å². The summed E-state index contributed by atoms with van der Waals surface area (Å²) in [5.74, 6) is 0.356. The first-order valence-corrected chi connectivity index (χ1v) is 16.3. The Balaban J connectivity index is 1.42. The number of pyridine rings is 1. The van der Waals surface area contributed by atoms with E-state index in [-0.39, 0.29) is 11.5 Å². The molecule has 1 aliphatic rings. The van der Waals surface area contributed by atoms with Gasteiger partial charge in [-0.2, -0.15) is 0 Å². The first kappa shape index (κ1) is 31.0. The molecule has 0 aliphatic carbocycles. The van der Waals surface area contributed by atoms with Gasteiger partial charge < -0.3 is 5.32 Å². The number of rotatable bonds is 16. The fourth-order valence-electron chi connectivity index (χ4n) is 5.07. The molecule has 2 aromatic heterocycles. The Labute approximate surface area is 253 Å². The third kappa shape index (κ3) is 8.76. The number of amides is 1. The highest BCUT2D eigenvalue weighted by Crippen LogP contribution is 2.33. The monoisotopic (exact) mass is 590 g/mol. The molecule has 3 aromatic rings. The van der Waals surface area contributed by atoms with E-state index < -0.39 is 0 Å². The SMILES string of the molecule is CCCCCCCCCCCCN1C(=O)/C(=C\c2c(NCCc3ccccc3)nc3ccc(C)cn3c2=O)SC1=S. The second-order valence-corrected chi connectivity index (χ2v) is 12.5. The quantitative estimate of drug-likeness (QED) is 0.104. The Morgan fingerprint density at radius 1 is 0.927 bits per heavy atom. The van der Waals surface area contributed by atoms with Crippen LogP contribution in [0.1, 0.15) is 87.8 Å². The molecule has 3 heterocycles. The molecule has 1 aromatic carbocycles. The molecular formula is C33H42N4O2S2. The van der Waals surface area contributed by atoms with E-state index in [2.05, 4.69) is 24.4 Å². The summed E-state index contributed by atoms with van der Waals surface area (Å²) >= 11 is 6.85. The molecule has 1 fully saturated rings. The smallest absolute Gasteiger partial charge is 0.267 e. The van der Waals surface area contributed by atoms with E-state index in [0.717, 1.165) is 24.8 Å². The number of thiocarbonyl (C=S) groups is 1. The summed E-state index contributed by atoms with van der Waals surface area (Å²) in [5, 5.41) is 3.36. The van der Waals surface area contributed by atoms with E-state index in [0.29, 0.717) is 39.3 Å². The number of carbonyl (C=O) groups is 1. The van der Waals surface area contributed by atoms with Gasteiger partial charge >= 0.3 is 0 Å². The summed E-state index contributed by atoms with van der Waals surface area (Å²) in [6.07, 6.45) is 16.7. The fourth-order valence-corrected chi connectivity index (χ4v) is 6.37. The molecule has 1 saturated heterocycles. The van der Waals surface area contributed by atoms with Crippen LogP contribution in [-0.2, 0) is 11.2 Å². The predicted octanol–water partition coefficient (Wildman–Crippen LogP) is 7.78. The second kappa shape index (κ2) is 15.9. The maximum absolute atomic E-state index is 13.6. The molecular weight excluding hydrogens is 549 g/mol. The summed E-state index contributed by atoms with van der Waals surface area (Å²) in [7, 11) is 0. The molecule has 1 N–H and O–H groups in total. The number of benzene rings is 1. The highest BCUT2D eigenvalue weighted by Gasteiger charge is 2.32. The molecule has 1 amide bonds. The number of unbranched alkanes of at least 4 members (excludes halogenated alkanes) is 9. The number of aryl methyl sites for hydroxylation is 1. The number of nitrogens with one attached hydrogen (secondary N) is 1. The third-order valence-electron chi connectivity index (χ3n) is 7.44. The molecule has 4 rings (SSSR count). The molecule has 0 spiro atoms. The van der Waals surface area contributed by atoms with Crippen molar-refractivity contribution >= 4 is 51.7 Å². The van der Waals surface area contributed by atoms with E-state index in [1.807, 2.05) is 37.3 Å². The van der Waals surface area contributed by atoms with Crippen molar-refractivity contribution in [2.24, 2.45) is 0 Å². The molecule has 0 atom stereocenters. The van der Waals surface area contributed by atoms with Gasteiger partial charge in [-0.1, -0.05) is 125 Å². The summed E-state index contributed by atoms with van der Waals surface area (Å²) in [6.45, 7) is 5.42. The van der Waals surface area contributed by atoms with Crippen LogP contribution < -0.4 is 10.9 Å². The minimum absolute atomic E-state index is 0.125. The molecule has 6 nitrogen and oxygen atoms in total. The summed E-state index contributed by atoms with van der Waals surface area (Å²) < 4.78 is 2.11. The number of aromatic nitrogens is 2. The van der Waals surface area contributed by atoms with Gasteiger partial charge in [-0.25, -0.2) is 4.98 Å². The van der Waals surface area contributed by atoms with Crippen molar-refractivity contribution in [1.82, 2.24) is 14.3 Å². The Bertz CT molecular complexity index is 1420. The Morgan fingerprint density at radius 2 is 1.61 bits per heavy atom. The van der Waals surface area contributed by atoms with Crippen molar-refractivity contribution in [1.29, 1.82) is 0 Å². The zero-order valence-electron chi connectivity index (χ0n) is 24.4. The summed E-state index contributed by atoms with van der Waals surface area (Å²) in [5.41, 5.74) is 2.89. The number of thioether (sulfide) groups is 1. The highest BCUT2D eigenvalue weighted by molar-refractivity contribution is 8.26. The zero-order valence-corrected chi connectivity index (χ0v) is 26.0. The van der Waals surface area contributed by atoms with Gasteiger partial charge in [-0.3, -0.25) is 18.9 Å². The fraction of sp³-hybridized carbons (Fsp3) is 0.455. The molecule has 1 aliphatic heterocycles. The molecule has 0 unspecified atom stereocenters. The first-order valence-electron chi connectivity index (χ1n) is 15.0. The summed E-state index contributed by atoms with van der Waals surface area (Å²) in [6, 6.07) is 14.0. The predicted molar refractivity (Wildman–Crippen MR) is 177 cm³/mol. The van der Waals surface area contributed by atoms with Crippen molar-refractivity contribution in [3.05, 3.63) is 80.6 Å². The van der Waals surface area contributed by atoms with Gasteiger partial charge in [0.05, 0.1) is 10.5 Å². The van der Waals surface area contributed by atoms with Gasteiger partial charge in [0.25, 0.3) is 11.5 Å². The normalized spacial score (nSPS) is 14.5. The second-order valence-electron chi connectivity index (χ2n) is 10.8. The number of hydrogen-bond donors (Lipinski definition) is 1. The van der Waals surface area contributed by atoms with Crippen molar-refractivity contribution in [2.75, 3.05) is 18.4 Å². The zero-order chi connectivity index (χ0) is 29.0. The van der Waals surface area contributed by atoms with Crippen LogP contribution in [0.2, 0.25) is 0 Å². The Kier molecular flexibility index (Phi) is 12.0. The molecule has 218 valence electrons. The minimum Gasteiger partial charge on any atom is -0.369 e. The molecule has 0 radical (unpaired) electrons. The van der Waals surface area contributed by atoms with Gasteiger partial charge in [0, 0.05) is 19.3 Å². The van der Waals surface area contributed by atoms with Crippen LogP contribution in [-0.4, -0.2) is 37.6 Å². The molecule has 41 heavy (non-hydrogen) atoms. The van der Waals surface area contributed by atoms with Crippen molar-refractivity contribution < 1.29 is 4.79 Å². The van der Waals surface area contributed by atoms with E-state index in [4.69, 9.17) is 17.2 Å². The maximum atomic E-state index is 13.6. The average Bonchev–Trinajstić information content (AvgIpc) is 3.24. The van der Waals surface area contributed by atoms with Crippen LogP contribution in [0.5, 0.6) is 0 Å². The van der Waals surface area contributed by atoms with E-state index >= 15 is 0 Å². The maximum Gasteiger partial charge on any atom is 0.267 e. The molecule has 0 saturated carbocycles. The van der Waals surface area contributed by atoms with E-state index in [1.165, 1.54) is 68.7 Å². The number of anilines is 1. The van der Waals surface area contributed by atoms with Crippen LogP contribution in [0, 0.1) is 6.92 Å². The van der Waals surface area contributed by atoms with Crippen molar-refractivity contribution in [3.63, 3.8) is 0 Å². The lowest BCUT2D eigenvalue weighted by Gasteiger charge is -2.14. The van der Waals surface area contributed by atoms with Crippen molar-refractivity contribution in [3.8, 4) is 0 Å². The lowest BCUT2D eigenvalue weighted by atomic mass is 10.1.